The monoisotopic (exact) mass is 474 g/mol. The van der Waals surface area contributed by atoms with Gasteiger partial charge in [-0.25, -0.2) is 15.8 Å². The van der Waals surface area contributed by atoms with Gasteiger partial charge in [-0.3, -0.25) is 0 Å². The molecule has 0 saturated carbocycles. The van der Waals surface area contributed by atoms with E-state index in [1.54, 1.807) is 13.2 Å². The molecule has 0 atom stereocenters. The van der Waals surface area contributed by atoms with E-state index in [0.29, 0.717) is 11.7 Å². The van der Waals surface area contributed by atoms with Crippen molar-refractivity contribution in [3.63, 3.8) is 0 Å². The van der Waals surface area contributed by atoms with Gasteiger partial charge in [0.2, 0.25) is 0 Å². The van der Waals surface area contributed by atoms with Crippen LogP contribution < -0.4 is 21.8 Å². The van der Waals surface area contributed by atoms with Crippen LogP contribution in [0.3, 0.4) is 0 Å². The number of hydrogen-bond acceptors (Lipinski definition) is 8. The van der Waals surface area contributed by atoms with Gasteiger partial charge in [-0.15, -0.1) is 0 Å². The first-order chi connectivity index (χ1) is 16.8. The van der Waals surface area contributed by atoms with E-state index in [0.717, 1.165) is 46.6 Å². The van der Waals surface area contributed by atoms with Gasteiger partial charge in [0.1, 0.15) is 11.6 Å². The van der Waals surface area contributed by atoms with Gasteiger partial charge in [0.25, 0.3) is 0 Å². The molecule has 0 spiro atoms. The molecule has 1 saturated heterocycles. The Morgan fingerprint density at radius 2 is 1.83 bits per heavy atom. The summed E-state index contributed by atoms with van der Waals surface area (Å²) in [6.45, 7) is 5.99. The number of hydrazine groups is 1. The third-order valence-corrected chi connectivity index (χ3v) is 6.18. The van der Waals surface area contributed by atoms with Crippen LogP contribution in [0.15, 0.2) is 61.6 Å². The molecule has 1 fully saturated rings. The standard InChI is InChI=1S/C14H21N3.C13H17N5/c1-4-12-5-8-15-14(11-12)17-9-6-13(7-10-17)16(2)3;1-16-13-6-11-5-9(12(14)8-18(2)15)3-4-10(11)7-17-13/h4-5,8,11,13H,1,6-7,9-10H2,2-3H3;3-8H,14-15H2,1-2H3,(H,16,17)/b;12-8-. The fourth-order valence-electron chi connectivity index (χ4n) is 4.10. The summed E-state index contributed by atoms with van der Waals surface area (Å²) in [5.74, 6) is 7.46. The molecular weight excluding hydrogens is 436 g/mol. The van der Waals surface area contributed by atoms with Crippen LogP contribution in [-0.4, -0.2) is 67.2 Å². The molecule has 35 heavy (non-hydrogen) atoms. The Balaban J connectivity index is 0.000000196. The molecule has 1 aliphatic heterocycles. The van der Waals surface area contributed by atoms with Crippen molar-refractivity contribution in [1.29, 1.82) is 0 Å². The molecule has 0 bridgehead atoms. The van der Waals surface area contributed by atoms with Gasteiger partial charge in [0, 0.05) is 57.2 Å². The normalized spacial score (nSPS) is 14.5. The Morgan fingerprint density at radius 1 is 1.09 bits per heavy atom. The predicted molar refractivity (Wildman–Crippen MR) is 149 cm³/mol. The van der Waals surface area contributed by atoms with Crippen LogP contribution in [0.1, 0.15) is 24.0 Å². The lowest BCUT2D eigenvalue weighted by molar-refractivity contribution is 0.249. The summed E-state index contributed by atoms with van der Waals surface area (Å²) < 4.78 is 0. The second-order valence-corrected chi connectivity index (χ2v) is 8.96. The molecule has 4 rings (SSSR count). The first-order valence-corrected chi connectivity index (χ1v) is 11.8. The average molecular weight is 475 g/mol. The number of fused-ring (bicyclic) bond motifs is 1. The second-order valence-electron chi connectivity index (χ2n) is 8.96. The molecule has 8 nitrogen and oxygen atoms in total. The maximum absolute atomic E-state index is 5.97. The number of nitrogens with one attached hydrogen (secondary N) is 1. The maximum atomic E-state index is 5.97. The Morgan fingerprint density at radius 3 is 2.46 bits per heavy atom. The zero-order chi connectivity index (χ0) is 25.4. The zero-order valence-corrected chi connectivity index (χ0v) is 21.3. The third-order valence-electron chi connectivity index (χ3n) is 6.18. The van der Waals surface area contributed by atoms with Crippen molar-refractivity contribution >= 4 is 34.2 Å². The summed E-state index contributed by atoms with van der Waals surface area (Å²) in [6, 6.07) is 12.8. The van der Waals surface area contributed by atoms with Gasteiger partial charge in [0.05, 0.1) is 5.70 Å². The molecule has 1 aliphatic rings. The van der Waals surface area contributed by atoms with Crippen LogP contribution in [0.25, 0.3) is 22.5 Å². The highest BCUT2D eigenvalue weighted by Gasteiger charge is 2.21. The van der Waals surface area contributed by atoms with Crippen molar-refractivity contribution in [2.45, 2.75) is 18.9 Å². The van der Waals surface area contributed by atoms with Crippen LogP contribution in [0.2, 0.25) is 0 Å². The second kappa shape index (κ2) is 12.2. The van der Waals surface area contributed by atoms with Gasteiger partial charge in [-0.1, -0.05) is 24.8 Å². The summed E-state index contributed by atoms with van der Waals surface area (Å²) >= 11 is 0. The summed E-state index contributed by atoms with van der Waals surface area (Å²) in [6.07, 6.45) is 9.68. The van der Waals surface area contributed by atoms with Crippen molar-refractivity contribution < 1.29 is 0 Å². The van der Waals surface area contributed by atoms with Crippen molar-refractivity contribution in [2.75, 3.05) is 51.5 Å². The van der Waals surface area contributed by atoms with E-state index < -0.39 is 0 Å². The van der Waals surface area contributed by atoms with Crippen LogP contribution in [-0.2, 0) is 0 Å². The number of rotatable bonds is 6. The van der Waals surface area contributed by atoms with Gasteiger partial charge in [-0.05, 0) is 67.7 Å². The average Bonchev–Trinajstić information content (AvgIpc) is 2.88. The highest BCUT2D eigenvalue weighted by molar-refractivity contribution is 5.87. The maximum Gasteiger partial charge on any atom is 0.129 e. The molecule has 2 aromatic heterocycles. The lowest BCUT2D eigenvalue weighted by Crippen LogP contribution is -2.42. The number of nitrogens with zero attached hydrogens (tertiary/aromatic N) is 5. The number of anilines is 2. The first kappa shape index (κ1) is 26.0. The topological polar surface area (TPSA) is 99.6 Å². The molecule has 0 aliphatic carbocycles. The molecule has 3 heterocycles. The molecule has 3 aromatic rings. The zero-order valence-electron chi connectivity index (χ0n) is 21.3. The lowest BCUT2D eigenvalue weighted by Gasteiger charge is -2.35. The van der Waals surface area contributed by atoms with Crippen molar-refractivity contribution in [3.05, 3.63) is 72.7 Å². The summed E-state index contributed by atoms with van der Waals surface area (Å²) in [4.78, 5) is 13.4. The molecule has 5 N–H and O–H groups in total. The molecule has 0 radical (unpaired) electrons. The number of aromatic nitrogens is 2. The fourth-order valence-corrected chi connectivity index (χ4v) is 4.10. The minimum atomic E-state index is 0.629. The van der Waals surface area contributed by atoms with E-state index in [1.165, 1.54) is 17.9 Å². The Labute approximate surface area is 208 Å². The summed E-state index contributed by atoms with van der Waals surface area (Å²) in [5, 5.41) is 6.61. The quantitative estimate of drug-likeness (QED) is 0.368. The van der Waals surface area contributed by atoms with Gasteiger partial charge in [-0.2, -0.15) is 0 Å². The van der Waals surface area contributed by atoms with E-state index in [2.05, 4.69) is 51.8 Å². The van der Waals surface area contributed by atoms with Crippen LogP contribution in [0, 0.1) is 0 Å². The van der Waals surface area contributed by atoms with Crippen molar-refractivity contribution in [2.24, 2.45) is 11.6 Å². The van der Waals surface area contributed by atoms with E-state index >= 15 is 0 Å². The van der Waals surface area contributed by atoms with Crippen LogP contribution in [0.5, 0.6) is 0 Å². The van der Waals surface area contributed by atoms with Gasteiger partial charge in [0.15, 0.2) is 0 Å². The Hall–Kier alpha value is -3.62. The van der Waals surface area contributed by atoms with Crippen molar-refractivity contribution in [3.8, 4) is 0 Å². The summed E-state index contributed by atoms with van der Waals surface area (Å²) in [7, 11) is 7.90. The number of benzene rings is 1. The highest BCUT2D eigenvalue weighted by Crippen LogP contribution is 2.22. The predicted octanol–water partition coefficient (Wildman–Crippen LogP) is 3.59. The molecule has 1 aromatic carbocycles. The van der Waals surface area contributed by atoms with E-state index in [-0.39, 0.29) is 0 Å². The number of nitrogens with two attached hydrogens (primary N) is 2. The van der Waals surface area contributed by atoms with Gasteiger partial charge >= 0.3 is 0 Å². The molecule has 0 amide bonds. The minimum absolute atomic E-state index is 0.629. The number of hydrogen-bond donors (Lipinski definition) is 3. The molecule has 8 heteroatoms. The minimum Gasteiger partial charge on any atom is -0.397 e. The smallest absolute Gasteiger partial charge is 0.129 e. The lowest BCUT2D eigenvalue weighted by atomic mass is 10.0. The van der Waals surface area contributed by atoms with Gasteiger partial charge < -0.3 is 25.9 Å². The molecule has 186 valence electrons. The van der Waals surface area contributed by atoms with E-state index in [1.807, 2.05) is 55.8 Å². The molecular formula is C27H38N8. The molecule has 0 unspecified atom stereocenters. The summed E-state index contributed by atoms with van der Waals surface area (Å²) in [5.41, 5.74) is 8.68. The Kier molecular flexibility index (Phi) is 9.05. The van der Waals surface area contributed by atoms with Crippen LogP contribution in [0.4, 0.5) is 11.6 Å². The fraction of sp³-hybridized carbons (Fsp3) is 0.333. The number of piperidine rings is 1. The first-order valence-electron chi connectivity index (χ1n) is 11.8. The van der Waals surface area contributed by atoms with Crippen molar-refractivity contribution in [1.82, 2.24) is 19.9 Å². The number of pyridine rings is 2. The third kappa shape index (κ3) is 7.18. The SMILES string of the molecule is C=Cc1ccnc(N2CCC(N(C)C)CC2)c1.CNc1cc2cc(/C(N)=C/N(C)N)ccc2cn1. The largest absolute Gasteiger partial charge is 0.397 e. The van der Waals surface area contributed by atoms with E-state index in [4.69, 9.17) is 11.6 Å². The van der Waals surface area contributed by atoms with Crippen LogP contribution >= 0.6 is 0 Å². The Bertz CT molecular complexity index is 1150. The highest BCUT2D eigenvalue weighted by atomic mass is 15.4. The van der Waals surface area contributed by atoms with E-state index in [9.17, 15) is 0 Å².